The lowest BCUT2D eigenvalue weighted by atomic mass is 10.1. The second kappa shape index (κ2) is 11.4. The van der Waals surface area contributed by atoms with E-state index in [1.54, 1.807) is 29.2 Å². The van der Waals surface area contributed by atoms with E-state index in [2.05, 4.69) is 17.4 Å². The molecule has 0 spiro atoms. The molecule has 0 aliphatic heterocycles. The molecule has 178 valence electrons. The highest BCUT2D eigenvalue weighted by Gasteiger charge is 2.13. The minimum Gasteiger partial charge on any atom is -0.339 e. The van der Waals surface area contributed by atoms with Crippen molar-refractivity contribution in [3.8, 4) is 10.6 Å². The van der Waals surface area contributed by atoms with E-state index in [0.29, 0.717) is 25.3 Å². The lowest BCUT2D eigenvalue weighted by molar-refractivity contribution is -0.129. The Morgan fingerprint density at radius 2 is 1.83 bits per heavy atom. The highest BCUT2D eigenvalue weighted by Crippen LogP contribution is 2.28. The molecule has 0 aliphatic carbocycles. The predicted molar refractivity (Wildman–Crippen MR) is 142 cm³/mol. The van der Waals surface area contributed by atoms with Crippen LogP contribution in [0, 0.1) is 0 Å². The molecule has 0 bridgehead atoms. The molecule has 0 aliphatic rings. The van der Waals surface area contributed by atoms with E-state index in [-0.39, 0.29) is 11.8 Å². The zero-order valence-corrected chi connectivity index (χ0v) is 20.7. The maximum absolute atomic E-state index is 12.8. The van der Waals surface area contributed by atoms with Gasteiger partial charge in [0.15, 0.2) is 0 Å². The number of nitrogens with zero attached hydrogens (tertiary/aromatic N) is 3. The lowest BCUT2D eigenvalue weighted by Crippen LogP contribution is -2.28. The molecule has 2 aromatic heterocycles. The molecule has 35 heavy (non-hydrogen) atoms. The molecule has 2 amide bonds. The third-order valence-electron chi connectivity index (χ3n) is 5.61. The van der Waals surface area contributed by atoms with Gasteiger partial charge in [-0.25, -0.2) is 0 Å². The number of carbonyl (C=O) groups excluding carboxylic acids is 2. The van der Waals surface area contributed by atoms with Crippen LogP contribution in [0.25, 0.3) is 16.6 Å². The highest BCUT2D eigenvalue weighted by atomic mass is 32.1. The van der Waals surface area contributed by atoms with Crippen LogP contribution in [0.3, 0.4) is 0 Å². The van der Waals surface area contributed by atoms with Gasteiger partial charge in [-0.15, -0.1) is 11.3 Å². The zero-order chi connectivity index (χ0) is 24.6. The van der Waals surface area contributed by atoms with Gasteiger partial charge in [-0.1, -0.05) is 54.6 Å². The standard InChI is InChI=1S/C28H28N4O2S/c1-3-31(21(2)33)19-23-12-7-8-13-25(23)29-27(34)16-15-24-20-32(18-22-10-5-4-6-11-22)30-28(24)26-14-9-17-35-26/h4-17,20H,3,18-19H2,1-2H3,(H,29,34)/b16-15+. The van der Waals surface area contributed by atoms with Crippen LogP contribution in [0.15, 0.2) is 84.4 Å². The van der Waals surface area contributed by atoms with Gasteiger partial charge in [-0.05, 0) is 41.6 Å². The molecule has 1 N–H and O–H groups in total. The molecule has 0 radical (unpaired) electrons. The van der Waals surface area contributed by atoms with Crippen LogP contribution in [0.5, 0.6) is 0 Å². The summed E-state index contributed by atoms with van der Waals surface area (Å²) in [6.45, 7) is 5.19. The Morgan fingerprint density at radius 1 is 1.06 bits per heavy atom. The summed E-state index contributed by atoms with van der Waals surface area (Å²) in [6.07, 6.45) is 5.29. The molecule has 6 nitrogen and oxygen atoms in total. The number of hydrogen-bond acceptors (Lipinski definition) is 4. The van der Waals surface area contributed by atoms with Crippen LogP contribution in [0.1, 0.15) is 30.5 Å². The van der Waals surface area contributed by atoms with E-state index in [0.717, 1.165) is 27.3 Å². The monoisotopic (exact) mass is 484 g/mol. The van der Waals surface area contributed by atoms with Gasteiger partial charge in [-0.2, -0.15) is 5.10 Å². The van der Waals surface area contributed by atoms with Gasteiger partial charge >= 0.3 is 0 Å². The van der Waals surface area contributed by atoms with Crippen LogP contribution < -0.4 is 5.32 Å². The minimum atomic E-state index is -0.240. The summed E-state index contributed by atoms with van der Waals surface area (Å²) in [4.78, 5) is 27.4. The molecule has 4 aromatic rings. The first-order valence-corrected chi connectivity index (χ1v) is 12.4. The quantitative estimate of drug-likeness (QED) is 0.311. The van der Waals surface area contributed by atoms with Gasteiger partial charge in [0.2, 0.25) is 11.8 Å². The van der Waals surface area contributed by atoms with Crippen molar-refractivity contribution in [2.24, 2.45) is 0 Å². The van der Waals surface area contributed by atoms with Gasteiger partial charge in [0.1, 0.15) is 5.69 Å². The van der Waals surface area contributed by atoms with Crippen molar-refractivity contribution in [3.63, 3.8) is 0 Å². The maximum atomic E-state index is 12.8. The number of para-hydroxylation sites is 1. The molecule has 0 fully saturated rings. The van der Waals surface area contributed by atoms with Crippen molar-refractivity contribution in [2.45, 2.75) is 26.9 Å². The van der Waals surface area contributed by atoms with Crippen LogP contribution >= 0.6 is 11.3 Å². The average Bonchev–Trinajstić information content (AvgIpc) is 3.52. The van der Waals surface area contributed by atoms with E-state index in [9.17, 15) is 9.59 Å². The summed E-state index contributed by atoms with van der Waals surface area (Å²) >= 11 is 1.62. The van der Waals surface area contributed by atoms with E-state index in [1.165, 1.54) is 6.08 Å². The molecule has 0 saturated heterocycles. The normalized spacial score (nSPS) is 11.0. The fourth-order valence-electron chi connectivity index (χ4n) is 3.79. The summed E-state index contributed by atoms with van der Waals surface area (Å²) < 4.78 is 1.90. The summed E-state index contributed by atoms with van der Waals surface area (Å²) in [6, 6.07) is 21.7. The van der Waals surface area contributed by atoms with Crippen molar-refractivity contribution < 1.29 is 9.59 Å². The molecule has 2 aromatic carbocycles. The molecule has 4 rings (SSSR count). The Kier molecular flexibility index (Phi) is 7.90. The van der Waals surface area contributed by atoms with Crippen LogP contribution in [-0.2, 0) is 22.7 Å². The Balaban J connectivity index is 1.53. The molecular formula is C28H28N4O2S. The maximum Gasteiger partial charge on any atom is 0.248 e. The number of rotatable bonds is 9. The highest BCUT2D eigenvalue weighted by molar-refractivity contribution is 7.13. The Labute approximate surface area is 209 Å². The fraction of sp³-hybridized carbons (Fsp3) is 0.179. The summed E-state index contributed by atoms with van der Waals surface area (Å²) in [7, 11) is 0. The largest absolute Gasteiger partial charge is 0.339 e. The molecule has 0 saturated carbocycles. The van der Waals surface area contributed by atoms with E-state index in [1.807, 2.05) is 77.8 Å². The van der Waals surface area contributed by atoms with Crippen LogP contribution in [0.4, 0.5) is 5.69 Å². The first kappa shape index (κ1) is 24.2. The number of benzene rings is 2. The SMILES string of the molecule is CCN(Cc1ccccc1NC(=O)/C=C/c1cn(Cc2ccccc2)nc1-c1cccs1)C(C)=O. The third kappa shape index (κ3) is 6.33. The number of anilines is 1. The number of thiophene rings is 1. The summed E-state index contributed by atoms with van der Waals surface area (Å²) in [5.41, 5.74) is 4.46. The van der Waals surface area contributed by atoms with Crippen molar-refractivity contribution in [3.05, 3.63) is 101 Å². The van der Waals surface area contributed by atoms with E-state index >= 15 is 0 Å². The molecular weight excluding hydrogens is 456 g/mol. The smallest absolute Gasteiger partial charge is 0.248 e. The van der Waals surface area contributed by atoms with Crippen molar-refractivity contribution in [2.75, 3.05) is 11.9 Å². The minimum absolute atomic E-state index is 0.00199. The van der Waals surface area contributed by atoms with E-state index < -0.39 is 0 Å². The van der Waals surface area contributed by atoms with Gasteiger partial charge in [-0.3, -0.25) is 14.3 Å². The molecule has 7 heteroatoms. The zero-order valence-electron chi connectivity index (χ0n) is 19.8. The Bertz CT molecular complexity index is 1310. The van der Waals surface area contributed by atoms with Crippen LogP contribution in [0.2, 0.25) is 0 Å². The summed E-state index contributed by atoms with van der Waals surface area (Å²) in [5, 5.41) is 9.77. The first-order valence-electron chi connectivity index (χ1n) is 11.5. The number of amides is 2. The number of carbonyl (C=O) groups is 2. The van der Waals surface area contributed by atoms with Crippen molar-refractivity contribution in [1.29, 1.82) is 0 Å². The third-order valence-corrected chi connectivity index (χ3v) is 6.49. The topological polar surface area (TPSA) is 67.2 Å². The second-order valence-electron chi connectivity index (χ2n) is 8.11. The van der Waals surface area contributed by atoms with Gasteiger partial charge in [0.25, 0.3) is 0 Å². The van der Waals surface area contributed by atoms with Crippen molar-refractivity contribution >= 4 is 34.9 Å². The summed E-state index contributed by atoms with van der Waals surface area (Å²) in [5.74, 6) is -0.238. The van der Waals surface area contributed by atoms with Crippen LogP contribution in [-0.4, -0.2) is 33.0 Å². The van der Waals surface area contributed by atoms with Gasteiger partial charge < -0.3 is 10.2 Å². The average molecular weight is 485 g/mol. The number of hydrogen-bond donors (Lipinski definition) is 1. The molecule has 2 heterocycles. The number of aromatic nitrogens is 2. The number of nitrogens with one attached hydrogen (secondary N) is 1. The second-order valence-corrected chi connectivity index (χ2v) is 9.05. The lowest BCUT2D eigenvalue weighted by Gasteiger charge is -2.20. The first-order chi connectivity index (χ1) is 17.0. The van der Waals surface area contributed by atoms with Gasteiger partial charge in [0.05, 0.1) is 11.4 Å². The molecule has 0 unspecified atom stereocenters. The van der Waals surface area contributed by atoms with Crippen molar-refractivity contribution in [1.82, 2.24) is 14.7 Å². The van der Waals surface area contributed by atoms with Gasteiger partial charge in [0, 0.05) is 43.5 Å². The van der Waals surface area contributed by atoms with E-state index in [4.69, 9.17) is 5.10 Å². The molecule has 0 atom stereocenters. The predicted octanol–water partition coefficient (Wildman–Crippen LogP) is 5.68. The Hall–Kier alpha value is -3.97. The fourth-order valence-corrected chi connectivity index (χ4v) is 4.52. The Morgan fingerprint density at radius 3 is 2.54 bits per heavy atom.